The van der Waals surface area contributed by atoms with Gasteiger partial charge in [0.15, 0.2) is 0 Å². The van der Waals surface area contributed by atoms with Crippen molar-refractivity contribution in [2.75, 3.05) is 11.9 Å². The Morgan fingerprint density at radius 2 is 2.10 bits per heavy atom. The number of anilines is 1. The summed E-state index contributed by atoms with van der Waals surface area (Å²) in [6.07, 6.45) is -3.59. The minimum Gasteiger partial charge on any atom is -0.384 e. The van der Waals surface area contributed by atoms with Gasteiger partial charge in [-0.15, -0.1) is 11.3 Å². The number of hydrogen-bond donors (Lipinski definition) is 1. The molecule has 0 unspecified atom stereocenters. The average molecular weight is 365 g/mol. The van der Waals surface area contributed by atoms with E-state index in [2.05, 4.69) is 26.2 Å². The zero-order valence-corrected chi connectivity index (χ0v) is 13.0. The first-order chi connectivity index (χ1) is 9.36. The van der Waals surface area contributed by atoms with Gasteiger partial charge in [0, 0.05) is 28.5 Å². The van der Waals surface area contributed by atoms with Gasteiger partial charge in [-0.2, -0.15) is 13.2 Å². The third kappa shape index (κ3) is 3.96. The van der Waals surface area contributed by atoms with Crippen LogP contribution >= 0.6 is 27.3 Å². The van der Waals surface area contributed by atoms with Gasteiger partial charge in [-0.05, 0) is 41.1 Å². The maximum Gasteiger partial charge on any atom is 0.416 e. The monoisotopic (exact) mass is 364 g/mol. The van der Waals surface area contributed by atoms with Gasteiger partial charge in [0.2, 0.25) is 0 Å². The van der Waals surface area contributed by atoms with Gasteiger partial charge in [-0.3, -0.25) is 0 Å². The van der Waals surface area contributed by atoms with Crippen molar-refractivity contribution in [1.82, 2.24) is 4.98 Å². The van der Waals surface area contributed by atoms with Crippen molar-refractivity contribution in [2.45, 2.75) is 19.5 Å². The summed E-state index contributed by atoms with van der Waals surface area (Å²) in [5, 5.41) is 6.09. The first-order valence-electron chi connectivity index (χ1n) is 5.88. The lowest BCUT2D eigenvalue weighted by Gasteiger charge is -2.11. The number of thiazole rings is 1. The fourth-order valence-corrected chi connectivity index (χ4v) is 2.85. The van der Waals surface area contributed by atoms with Crippen molar-refractivity contribution in [2.24, 2.45) is 0 Å². The van der Waals surface area contributed by atoms with Gasteiger partial charge < -0.3 is 5.32 Å². The second-order valence-electron chi connectivity index (χ2n) is 4.23. The van der Waals surface area contributed by atoms with Gasteiger partial charge >= 0.3 is 6.18 Å². The second kappa shape index (κ2) is 6.13. The quantitative estimate of drug-likeness (QED) is 0.835. The number of aryl methyl sites for hydroxylation is 1. The van der Waals surface area contributed by atoms with Crippen LogP contribution in [0.5, 0.6) is 0 Å². The van der Waals surface area contributed by atoms with Crippen LogP contribution in [0.3, 0.4) is 0 Å². The zero-order valence-electron chi connectivity index (χ0n) is 10.6. The van der Waals surface area contributed by atoms with Crippen LogP contribution in [-0.2, 0) is 12.6 Å². The van der Waals surface area contributed by atoms with E-state index in [1.807, 2.05) is 12.3 Å². The van der Waals surface area contributed by atoms with E-state index in [0.29, 0.717) is 16.7 Å². The number of hydrogen-bond acceptors (Lipinski definition) is 3. The average Bonchev–Trinajstić information content (AvgIpc) is 2.76. The first kappa shape index (κ1) is 15.3. The highest BCUT2D eigenvalue weighted by Gasteiger charge is 2.30. The minimum absolute atomic E-state index is 0.404. The van der Waals surface area contributed by atoms with Crippen molar-refractivity contribution in [1.29, 1.82) is 0 Å². The second-order valence-corrected chi connectivity index (χ2v) is 6.14. The van der Waals surface area contributed by atoms with Gasteiger partial charge in [-0.1, -0.05) is 0 Å². The molecule has 1 aromatic carbocycles. The van der Waals surface area contributed by atoms with E-state index >= 15 is 0 Å². The van der Waals surface area contributed by atoms with E-state index in [1.54, 1.807) is 11.3 Å². The normalized spacial score (nSPS) is 11.7. The van der Waals surface area contributed by atoms with Gasteiger partial charge in [0.1, 0.15) is 0 Å². The van der Waals surface area contributed by atoms with E-state index in [-0.39, 0.29) is 0 Å². The molecule has 0 atom stereocenters. The molecule has 0 aliphatic rings. The fraction of sp³-hybridized carbons (Fsp3) is 0.308. The highest BCUT2D eigenvalue weighted by atomic mass is 79.9. The van der Waals surface area contributed by atoms with E-state index < -0.39 is 11.7 Å². The number of rotatable bonds is 4. The topological polar surface area (TPSA) is 24.9 Å². The SMILES string of the molecule is Cc1nc(CCNc2ccc(C(F)(F)F)cc2Br)cs1. The fourth-order valence-electron chi connectivity index (χ4n) is 1.68. The highest BCUT2D eigenvalue weighted by Crippen LogP contribution is 2.33. The summed E-state index contributed by atoms with van der Waals surface area (Å²) >= 11 is 4.74. The molecule has 108 valence electrons. The van der Waals surface area contributed by atoms with Crippen LogP contribution < -0.4 is 5.32 Å². The molecular weight excluding hydrogens is 353 g/mol. The first-order valence-corrected chi connectivity index (χ1v) is 7.55. The summed E-state index contributed by atoms with van der Waals surface area (Å²) in [6.45, 7) is 2.56. The maximum atomic E-state index is 12.5. The third-order valence-corrected chi connectivity index (χ3v) is 4.14. The molecule has 20 heavy (non-hydrogen) atoms. The molecule has 1 N–H and O–H groups in total. The molecule has 2 nitrogen and oxygen atoms in total. The van der Waals surface area contributed by atoms with Gasteiger partial charge in [0.05, 0.1) is 16.3 Å². The van der Waals surface area contributed by atoms with Crippen molar-refractivity contribution in [3.05, 3.63) is 44.3 Å². The number of aromatic nitrogens is 1. The molecule has 0 saturated carbocycles. The summed E-state index contributed by atoms with van der Waals surface area (Å²) in [4.78, 5) is 4.33. The largest absolute Gasteiger partial charge is 0.416 e. The molecule has 0 saturated heterocycles. The number of nitrogens with one attached hydrogen (secondary N) is 1. The van der Waals surface area contributed by atoms with Crippen LogP contribution in [0.1, 0.15) is 16.3 Å². The third-order valence-electron chi connectivity index (χ3n) is 2.66. The Morgan fingerprint density at radius 1 is 1.35 bits per heavy atom. The zero-order chi connectivity index (χ0) is 14.8. The highest BCUT2D eigenvalue weighted by molar-refractivity contribution is 9.10. The maximum absolute atomic E-state index is 12.5. The van der Waals surface area contributed by atoms with E-state index in [0.717, 1.165) is 29.3 Å². The molecule has 1 heterocycles. The Kier molecular flexibility index (Phi) is 4.70. The lowest BCUT2D eigenvalue weighted by Crippen LogP contribution is -2.08. The minimum atomic E-state index is -4.32. The molecule has 7 heteroatoms. The molecule has 0 aliphatic carbocycles. The summed E-state index contributed by atoms with van der Waals surface area (Å²) < 4.78 is 38.0. The van der Waals surface area contributed by atoms with Gasteiger partial charge in [0.25, 0.3) is 0 Å². The van der Waals surface area contributed by atoms with Crippen LogP contribution in [0.4, 0.5) is 18.9 Å². The molecule has 0 aliphatic heterocycles. The molecule has 0 spiro atoms. The smallest absolute Gasteiger partial charge is 0.384 e. The summed E-state index contributed by atoms with van der Waals surface area (Å²) in [7, 11) is 0. The Bertz CT molecular complexity index is 596. The Labute approximate surface area is 127 Å². The predicted molar refractivity (Wildman–Crippen MR) is 78.2 cm³/mol. The lowest BCUT2D eigenvalue weighted by molar-refractivity contribution is -0.137. The van der Waals surface area contributed by atoms with Crippen LogP contribution in [0.15, 0.2) is 28.1 Å². The number of alkyl halides is 3. The summed E-state index contributed by atoms with van der Waals surface area (Å²) in [5.41, 5.74) is 0.970. The number of halogens is 4. The van der Waals surface area contributed by atoms with Gasteiger partial charge in [-0.25, -0.2) is 4.98 Å². The standard InChI is InChI=1S/C13H12BrF3N2S/c1-8-19-10(7-20-8)4-5-18-12-3-2-9(6-11(12)14)13(15,16)17/h2-3,6-7,18H,4-5H2,1H3. The Morgan fingerprint density at radius 3 is 2.65 bits per heavy atom. The van der Waals surface area contributed by atoms with Crippen molar-refractivity contribution >= 4 is 33.0 Å². The van der Waals surface area contributed by atoms with Crippen molar-refractivity contribution in [3.8, 4) is 0 Å². The summed E-state index contributed by atoms with van der Waals surface area (Å²) in [5.74, 6) is 0. The Balaban J connectivity index is 1.96. The summed E-state index contributed by atoms with van der Waals surface area (Å²) in [6, 6.07) is 3.58. The molecule has 0 fully saturated rings. The van der Waals surface area contributed by atoms with Crippen LogP contribution in [0, 0.1) is 6.92 Å². The molecule has 1 aromatic heterocycles. The molecule has 0 amide bonds. The van der Waals surface area contributed by atoms with Crippen molar-refractivity contribution < 1.29 is 13.2 Å². The van der Waals surface area contributed by atoms with Crippen LogP contribution in [0.25, 0.3) is 0 Å². The van der Waals surface area contributed by atoms with E-state index in [4.69, 9.17) is 0 Å². The van der Waals surface area contributed by atoms with E-state index in [9.17, 15) is 13.2 Å². The molecule has 2 aromatic rings. The number of nitrogens with zero attached hydrogens (tertiary/aromatic N) is 1. The molecule has 0 bridgehead atoms. The number of benzene rings is 1. The van der Waals surface area contributed by atoms with E-state index in [1.165, 1.54) is 6.07 Å². The van der Waals surface area contributed by atoms with Crippen molar-refractivity contribution in [3.63, 3.8) is 0 Å². The predicted octanol–water partition coefficient (Wildman–Crippen LogP) is 4.89. The van der Waals surface area contributed by atoms with Crippen LogP contribution in [0.2, 0.25) is 0 Å². The Hall–Kier alpha value is -1.08. The van der Waals surface area contributed by atoms with Crippen LogP contribution in [-0.4, -0.2) is 11.5 Å². The molecule has 2 rings (SSSR count). The molecule has 0 radical (unpaired) electrons. The lowest BCUT2D eigenvalue weighted by atomic mass is 10.2. The molecular formula is C13H12BrF3N2S.